The van der Waals surface area contributed by atoms with Crippen molar-refractivity contribution in [1.82, 2.24) is 24.8 Å². The lowest BCUT2D eigenvalue weighted by molar-refractivity contribution is 0.197. The minimum absolute atomic E-state index is 0.179. The number of aromatic nitrogens is 3. The predicted molar refractivity (Wildman–Crippen MR) is 99.0 cm³/mol. The average molecular weight is 357 g/mol. The van der Waals surface area contributed by atoms with Crippen LogP contribution in [0.5, 0.6) is 0 Å². The van der Waals surface area contributed by atoms with Crippen LogP contribution in [0.4, 0.5) is 9.18 Å². The van der Waals surface area contributed by atoms with Gasteiger partial charge in [-0.2, -0.15) is 0 Å². The van der Waals surface area contributed by atoms with E-state index < -0.39 is 0 Å². The van der Waals surface area contributed by atoms with E-state index >= 15 is 0 Å². The van der Waals surface area contributed by atoms with Gasteiger partial charge in [0, 0.05) is 43.1 Å². The number of aryl methyl sites for hydroxylation is 1. The standard InChI is InChI=1S/C19H24FN5O/c1-12(2)17(18-21-7-8-24(18)3)23-19(26)25(4)11-15-10-13-9-14(20)5-6-16(13)22-15/h5-10,12,17,22H,11H2,1-4H3,(H,23,26)/t17-/m1/s1. The monoisotopic (exact) mass is 357 g/mol. The van der Waals surface area contributed by atoms with Crippen LogP contribution >= 0.6 is 0 Å². The molecule has 26 heavy (non-hydrogen) atoms. The summed E-state index contributed by atoms with van der Waals surface area (Å²) >= 11 is 0. The maximum atomic E-state index is 13.3. The summed E-state index contributed by atoms with van der Waals surface area (Å²) in [6.45, 7) is 4.49. The second kappa shape index (κ2) is 7.19. The van der Waals surface area contributed by atoms with Gasteiger partial charge < -0.3 is 19.8 Å². The van der Waals surface area contributed by atoms with Gasteiger partial charge in [0.1, 0.15) is 11.6 Å². The Bertz CT molecular complexity index is 914. The number of hydrogen-bond acceptors (Lipinski definition) is 2. The van der Waals surface area contributed by atoms with Gasteiger partial charge in [-0.3, -0.25) is 0 Å². The first-order valence-corrected chi connectivity index (χ1v) is 8.61. The molecule has 1 atom stereocenters. The molecule has 2 heterocycles. The van der Waals surface area contributed by atoms with E-state index in [9.17, 15) is 9.18 Å². The minimum atomic E-state index is -0.274. The fourth-order valence-corrected chi connectivity index (χ4v) is 3.03. The number of urea groups is 1. The molecule has 0 spiro atoms. The third-order valence-corrected chi connectivity index (χ3v) is 4.48. The molecule has 0 saturated heterocycles. The second-order valence-electron chi connectivity index (χ2n) is 6.95. The minimum Gasteiger partial charge on any atom is -0.357 e. The summed E-state index contributed by atoms with van der Waals surface area (Å²) in [6.07, 6.45) is 3.59. The number of carbonyl (C=O) groups excluding carboxylic acids is 1. The number of rotatable bonds is 5. The average Bonchev–Trinajstić information content (AvgIpc) is 3.17. The van der Waals surface area contributed by atoms with Gasteiger partial charge in [0.15, 0.2) is 0 Å². The van der Waals surface area contributed by atoms with Crippen molar-refractivity contribution in [2.45, 2.75) is 26.4 Å². The molecule has 138 valence electrons. The predicted octanol–water partition coefficient (Wildman–Crippen LogP) is 3.58. The molecule has 0 aliphatic rings. The summed E-state index contributed by atoms with van der Waals surface area (Å²) in [5.74, 6) is 0.747. The number of amides is 2. The zero-order chi connectivity index (χ0) is 18.8. The lowest BCUT2D eigenvalue weighted by atomic mass is 10.0. The molecule has 0 bridgehead atoms. The van der Waals surface area contributed by atoms with Crippen molar-refractivity contribution in [3.05, 3.63) is 54.0 Å². The fraction of sp³-hybridized carbons (Fsp3) is 0.368. The van der Waals surface area contributed by atoms with Crippen LogP contribution in [0.25, 0.3) is 10.9 Å². The highest BCUT2D eigenvalue weighted by molar-refractivity contribution is 5.80. The van der Waals surface area contributed by atoms with Gasteiger partial charge in [0.05, 0.1) is 12.6 Å². The SMILES string of the molecule is CC(C)[C@@H](NC(=O)N(C)Cc1cc2cc(F)ccc2[nH]1)c1nccn1C. The number of nitrogens with zero attached hydrogens (tertiary/aromatic N) is 3. The summed E-state index contributed by atoms with van der Waals surface area (Å²) < 4.78 is 15.2. The van der Waals surface area contributed by atoms with E-state index in [1.807, 2.05) is 37.7 Å². The third-order valence-electron chi connectivity index (χ3n) is 4.48. The molecular weight excluding hydrogens is 333 g/mol. The summed E-state index contributed by atoms with van der Waals surface area (Å²) in [5, 5.41) is 3.85. The first kappa shape index (κ1) is 18.0. The normalized spacial score (nSPS) is 12.5. The summed E-state index contributed by atoms with van der Waals surface area (Å²) in [6, 6.07) is 6.09. The molecule has 0 aliphatic heterocycles. The molecule has 0 aliphatic carbocycles. The molecule has 0 unspecified atom stereocenters. The molecule has 7 heteroatoms. The van der Waals surface area contributed by atoms with Gasteiger partial charge in [0.2, 0.25) is 0 Å². The van der Waals surface area contributed by atoms with Crippen LogP contribution in [0.2, 0.25) is 0 Å². The van der Waals surface area contributed by atoms with Crippen molar-refractivity contribution in [3.8, 4) is 0 Å². The Kier molecular flexibility index (Phi) is 4.97. The summed E-state index contributed by atoms with van der Waals surface area (Å²) in [4.78, 5) is 21.8. The molecule has 3 rings (SSSR count). The van der Waals surface area contributed by atoms with Crippen LogP contribution in [0.15, 0.2) is 36.7 Å². The summed E-state index contributed by atoms with van der Waals surface area (Å²) in [7, 11) is 3.65. The molecule has 0 fully saturated rings. The van der Waals surface area contributed by atoms with Crippen molar-refractivity contribution in [3.63, 3.8) is 0 Å². The van der Waals surface area contributed by atoms with E-state index in [4.69, 9.17) is 0 Å². The first-order chi connectivity index (χ1) is 12.3. The molecule has 3 aromatic rings. The Hall–Kier alpha value is -2.83. The Morgan fingerprint density at radius 3 is 2.81 bits per heavy atom. The summed E-state index contributed by atoms with van der Waals surface area (Å²) in [5.41, 5.74) is 1.70. The number of aromatic amines is 1. The maximum Gasteiger partial charge on any atom is 0.318 e. The zero-order valence-corrected chi connectivity index (χ0v) is 15.5. The highest BCUT2D eigenvalue weighted by atomic mass is 19.1. The largest absolute Gasteiger partial charge is 0.357 e. The number of nitrogens with one attached hydrogen (secondary N) is 2. The van der Waals surface area contributed by atoms with Gasteiger partial charge in [-0.05, 0) is 30.2 Å². The molecule has 6 nitrogen and oxygen atoms in total. The van der Waals surface area contributed by atoms with Crippen LogP contribution in [-0.2, 0) is 13.6 Å². The van der Waals surface area contributed by atoms with Crippen molar-refractivity contribution >= 4 is 16.9 Å². The lowest BCUT2D eigenvalue weighted by Gasteiger charge is -2.25. The Balaban J connectivity index is 1.70. The molecule has 0 radical (unpaired) electrons. The third kappa shape index (κ3) is 3.71. The number of benzene rings is 1. The molecule has 2 amide bonds. The molecular formula is C19H24FN5O. The van der Waals surface area contributed by atoms with Crippen molar-refractivity contribution in [2.24, 2.45) is 13.0 Å². The highest BCUT2D eigenvalue weighted by Gasteiger charge is 2.23. The van der Waals surface area contributed by atoms with Crippen LogP contribution in [0.3, 0.4) is 0 Å². The van der Waals surface area contributed by atoms with Gasteiger partial charge in [-0.15, -0.1) is 0 Å². The number of H-pyrrole nitrogens is 1. The van der Waals surface area contributed by atoms with Crippen molar-refractivity contribution in [1.29, 1.82) is 0 Å². The van der Waals surface area contributed by atoms with E-state index in [1.54, 1.807) is 24.2 Å². The van der Waals surface area contributed by atoms with Crippen LogP contribution in [0.1, 0.15) is 31.4 Å². The number of imidazole rings is 1. The molecule has 2 aromatic heterocycles. The smallest absolute Gasteiger partial charge is 0.318 e. The zero-order valence-electron chi connectivity index (χ0n) is 15.5. The Labute approximate surface area is 152 Å². The Morgan fingerprint density at radius 1 is 1.38 bits per heavy atom. The fourth-order valence-electron chi connectivity index (χ4n) is 3.03. The van der Waals surface area contributed by atoms with E-state index in [0.717, 1.165) is 22.4 Å². The van der Waals surface area contributed by atoms with Crippen LogP contribution in [-0.4, -0.2) is 32.5 Å². The number of hydrogen-bond donors (Lipinski definition) is 2. The molecule has 2 N–H and O–H groups in total. The van der Waals surface area contributed by atoms with Crippen molar-refractivity contribution in [2.75, 3.05) is 7.05 Å². The van der Waals surface area contributed by atoms with Gasteiger partial charge >= 0.3 is 6.03 Å². The molecule has 0 saturated carbocycles. The van der Waals surface area contributed by atoms with Crippen LogP contribution in [0, 0.1) is 11.7 Å². The van der Waals surface area contributed by atoms with E-state index in [-0.39, 0.29) is 23.8 Å². The number of fused-ring (bicyclic) bond motifs is 1. The van der Waals surface area contributed by atoms with Gasteiger partial charge in [-0.1, -0.05) is 13.8 Å². The van der Waals surface area contributed by atoms with Gasteiger partial charge in [0.25, 0.3) is 0 Å². The van der Waals surface area contributed by atoms with Crippen molar-refractivity contribution < 1.29 is 9.18 Å². The van der Waals surface area contributed by atoms with E-state index in [2.05, 4.69) is 15.3 Å². The highest BCUT2D eigenvalue weighted by Crippen LogP contribution is 2.21. The first-order valence-electron chi connectivity index (χ1n) is 8.61. The quantitative estimate of drug-likeness (QED) is 0.733. The number of carbonyl (C=O) groups is 1. The topological polar surface area (TPSA) is 66.0 Å². The van der Waals surface area contributed by atoms with E-state index in [0.29, 0.717) is 6.54 Å². The van der Waals surface area contributed by atoms with Gasteiger partial charge in [-0.25, -0.2) is 14.2 Å². The maximum absolute atomic E-state index is 13.3. The Morgan fingerprint density at radius 2 is 2.15 bits per heavy atom. The second-order valence-corrected chi connectivity index (χ2v) is 6.95. The van der Waals surface area contributed by atoms with E-state index in [1.165, 1.54) is 12.1 Å². The lowest BCUT2D eigenvalue weighted by Crippen LogP contribution is -2.41. The number of halogens is 1. The van der Waals surface area contributed by atoms with Crippen LogP contribution < -0.4 is 5.32 Å². The molecule has 1 aromatic carbocycles.